The molecule has 1 aromatic carbocycles. The van der Waals surface area contributed by atoms with Gasteiger partial charge in [0.15, 0.2) is 0 Å². The second kappa shape index (κ2) is 3.85. The lowest BCUT2D eigenvalue weighted by atomic mass is 10.2. The van der Waals surface area contributed by atoms with Gasteiger partial charge in [0.25, 0.3) is 0 Å². The zero-order valence-electron chi connectivity index (χ0n) is 9.24. The van der Waals surface area contributed by atoms with E-state index in [0.29, 0.717) is 0 Å². The minimum atomic E-state index is 0.836. The number of methoxy groups -OCH3 is 1. The second-order valence-corrected chi connectivity index (χ2v) is 3.46. The number of aryl methyl sites for hydroxylation is 2. The summed E-state index contributed by atoms with van der Waals surface area (Å²) >= 11 is 0. The second-order valence-electron chi connectivity index (χ2n) is 3.46. The number of rotatable bonds is 2. The number of hydrogen-bond donors (Lipinski definition) is 0. The summed E-state index contributed by atoms with van der Waals surface area (Å²) in [6.45, 7) is 4.07. The molecule has 3 heteroatoms. The fourth-order valence-electron chi connectivity index (χ4n) is 1.61. The Bertz CT molecular complexity index is 489. The summed E-state index contributed by atoms with van der Waals surface area (Å²) in [5, 5.41) is 1.09. The highest BCUT2D eigenvalue weighted by molar-refractivity contribution is 5.82. The summed E-state index contributed by atoms with van der Waals surface area (Å²) in [7, 11) is 1.66. The minimum Gasteiger partial charge on any atom is -0.497 e. The SMILES string of the molecule is CCc1nc(C)c2ccc(OC)cc2n1. The topological polar surface area (TPSA) is 35.0 Å². The van der Waals surface area contributed by atoms with Crippen LogP contribution in [0.2, 0.25) is 0 Å². The molecule has 0 spiro atoms. The minimum absolute atomic E-state index is 0.836. The first-order chi connectivity index (χ1) is 7.24. The van der Waals surface area contributed by atoms with Crippen LogP contribution in [0.5, 0.6) is 5.75 Å². The molecule has 0 amide bonds. The van der Waals surface area contributed by atoms with Crippen molar-refractivity contribution in [2.24, 2.45) is 0 Å². The molecule has 2 rings (SSSR count). The van der Waals surface area contributed by atoms with Crippen LogP contribution in [-0.2, 0) is 6.42 Å². The molecule has 3 nitrogen and oxygen atoms in total. The third-order valence-corrected chi connectivity index (χ3v) is 2.46. The van der Waals surface area contributed by atoms with Gasteiger partial charge in [-0.05, 0) is 19.1 Å². The maximum absolute atomic E-state index is 5.18. The molecular weight excluding hydrogens is 188 g/mol. The van der Waals surface area contributed by atoms with Crippen LogP contribution in [0.3, 0.4) is 0 Å². The van der Waals surface area contributed by atoms with Crippen LogP contribution in [0.4, 0.5) is 0 Å². The fourth-order valence-corrected chi connectivity index (χ4v) is 1.61. The van der Waals surface area contributed by atoms with E-state index in [0.717, 1.165) is 34.6 Å². The van der Waals surface area contributed by atoms with Crippen LogP contribution < -0.4 is 4.74 Å². The van der Waals surface area contributed by atoms with Crippen molar-refractivity contribution in [3.63, 3.8) is 0 Å². The van der Waals surface area contributed by atoms with E-state index in [1.165, 1.54) is 0 Å². The number of hydrogen-bond acceptors (Lipinski definition) is 3. The zero-order chi connectivity index (χ0) is 10.8. The predicted octanol–water partition coefficient (Wildman–Crippen LogP) is 2.51. The summed E-state index contributed by atoms with van der Waals surface area (Å²) in [4.78, 5) is 8.90. The number of nitrogens with zero attached hydrogens (tertiary/aromatic N) is 2. The average Bonchev–Trinajstić information content (AvgIpc) is 2.28. The standard InChI is InChI=1S/C12H14N2O/c1-4-12-13-8(2)10-6-5-9(15-3)7-11(10)14-12/h5-7H,4H2,1-3H3. The molecule has 1 aromatic heterocycles. The van der Waals surface area contributed by atoms with Gasteiger partial charge in [-0.2, -0.15) is 0 Å². The molecule has 0 aliphatic rings. The van der Waals surface area contributed by atoms with Crippen molar-refractivity contribution in [2.45, 2.75) is 20.3 Å². The van der Waals surface area contributed by atoms with E-state index in [-0.39, 0.29) is 0 Å². The first kappa shape index (κ1) is 9.90. The third-order valence-electron chi connectivity index (χ3n) is 2.46. The zero-order valence-corrected chi connectivity index (χ0v) is 9.24. The molecule has 0 N–H and O–H groups in total. The van der Waals surface area contributed by atoms with Gasteiger partial charge < -0.3 is 4.74 Å². The molecule has 0 aliphatic heterocycles. The van der Waals surface area contributed by atoms with Gasteiger partial charge >= 0.3 is 0 Å². The summed E-state index contributed by atoms with van der Waals surface area (Å²) in [6.07, 6.45) is 0.855. The van der Waals surface area contributed by atoms with Crippen molar-refractivity contribution >= 4 is 10.9 Å². The van der Waals surface area contributed by atoms with Crippen LogP contribution in [0.1, 0.15) is 18.4 Å². The third kappa shape index (κ3) is 1.77. The molecule has 0 saturated heterocycles. The van der Waals surface area contributed by atoms with E-state index in [1.54, 1.807) is 7.11 Å². The molecule has 0 radical (unpaired) electrons. The van der Waals surface area contributed by atoms with Gasteiger partial charge in [0, 0.05) is 23.6 Å². The Morgan fingerprint density at radius 3 is 2.73 bits per heavy atom. The first-order valence-corrected chi connectivity index (χ1v) is 5.06. The molecule has 2 aromatic rings. The Kier molecular flexibility index (Phi) is 2.54. The van der Waals surface area contributed by atoms with Crippen LogP contribution in [0, 0.1) is 6.92 Å². The van der Waals surface area contributed by atoms with E-state index in [2.05, 4.69) is 16.9 Å². The van der Waals surface area contributed by atoms with Crippen molar-refractivity contribution < 1.29 is 4.74 Å². The molecular formula is C12H14N2O. The molecule has 0 bridgehead atoms. The Morgan fingerprint density at radius 2 is 2.07 bits per heavy atom. The van der Waals surface area contributed by atoms with Gasteiger partial charge in [-0.15, -0.1) is 0 Å². The predicted molar refractivity (Wildman–Crippen MR) is 60.2 cm³/mol. The van der Waals surface area contributed by atoms with Crippen LogP contribution >= 0.6 is 0 Å². The Labute approximate surface area is 89.1 Å². The Hall–Kier alpha value is -1.64. The summed E-state index contributed by atoms with van der Waals surface area (Å²) in [6, 6.07) is 5.89. The van der Waals surface area contributed by atoms with Crippen molar-refractivity contribution in [2.75, 3.05) is 7.11 Å². The monoisotopic (exact) mass is 202 g/mol. The van der Waals surface area contributed by atoms with Gasteiger partial charge in [0.05, 0.1) is 12.6 Å². The Balaban J connectivity index is 2.69. The van der Waals surface area contributed by atoms with Crippen molar-refractivity contribution in [3.05, 3.63) is 29.7 Å². The number of aromatic nitrogens is 2. The highest BCUT2D eigenvalue weighted by Gasteiger charge is 2.04. The van der Waals surface area contributed by atoms with Gasteiger partial charge in [0.2, 0.25) is 0 Å². The van der Waals surface area contributed by atoms with Crippen molar-refractivity contribution in [3.8, 4) is 5.75 Å². The maximum Gasteiger partial charge on any atom is 0.129 e. The van der Waals surface area contributed by atoms with Gasteiger partial charge in [-0.1, -0.05) is 6.92 Å². The normalized spacial score (nSPS) is 10.6. The van der Waals surface area contributed by atoms with E-state index >= 15 is 0 Å². The van der Waals surface area contributed by atoms with Gasteiger partial charge in [-0.25, -0.2) is 9.97 Å². The van der Waals surface area contributed by atoms with E-state index in [1.807, 2.05) is 25.1 Å². The Morgan fingerprint density at radius 1 is 1.27 bits per heavy atom. The van der Waals surface area contributed by atoms with Gasteiger partial charge in [-0.3, -0.25) is 0 Å². The largest absolute Gasteiger partial charge is 0.497 e. The van der Waals surface area contributed by atoms with Crippen molar-refractivity contribution in [1.29, 1.82) is 0 Å². The summed E-state index contributed by atoms with van der Waals surface area (Å²) < 4.78 is 5.18. The lowest BCUT2D eigenvalue weighted by Crippen LogP contribution is -1.97. The molecule has 0 fully saturated rings. The average molecular weight is 202 g/mol. The summed E-state index contributed by atoms with van der Waals surface area (Å²) in [5.41, 5.74) is 1.98. The highest BCUT2D eigenvalue weighted by Crippen LogP contribution is 2.21. The lowest BCUT2D eigenvalue weighted by molar-refractivity contribution is 0.415. The number of benzene rings is 1. The van der Waals surface area contributed by atoms with Crippen LogP contribution in [-0.4, -0.2) is 17.1 Å². The van der Waals surface area contributed by atoms with E-state index < -0.39 is 0 Å². The van der Waals surface area contributed by atoms with E-state index in [4.69, 9.17) is 4.74 Å². The van der Waals surface area contributed by atoms with Crippen LogP contribution in [0.25, 0.3) is 10.9 Å². The highest BCUT2D eigenvalue weighted by atomic mass is 16.5. The molecule has 78 valence electrons. The molecule has 1 heterocycles. The molecule has 0 aliphatic carbocycles. The van der Waals surface area contributed by atoms with E-state index in [9.17, 15) is 0 Å². The smallest absolute Gasteiger partial charge is 0.129 e. The molecule has 0 atom stereocenters. The van der Waals surface area contributed by atoms with Crippen molar-refractivity contribution in [1.82, 2.24) is 9.97 Å². The number of fused-ring (bicyclic) bond motifs is 1. The first-order valence-electron chi connectivity index (χ1n) is 5.06. The molecule has 0 unspecified atom stereocenters. The molecule has 0 saturated carbocycles. The van der Waals surface area contributed by atoms with Gasteiger partial charge in [0.1, 0.15) is 11.6 Å². The quantitative estimate of drug-likeness (QED) is 0.750. The summed E-state index contributed by atoms with van der Waals surface area (Å²) in [5.74, 6) is 1.72. The van der Waals surface area contributed by atoms with Crippen LogP contribution in [0.15, 0.2) is 18.2 Å². The number of ether oxygens (including phenoxy) is 1. The maximum atomic E-state index is 5.18. The molecule has 15 heavy (non-hydrogen) atoms. The lowest BCUT2D eigenvalue weighted by Gasteiger charge is -2.05. The fraction of sp³-hybridized carbons (Fsp3) is 0.333.